The lowest BCUT2D eigenvalue weighted by molar-refractivity contribution is -0.120. The summed E-state index contributed by atoms with van der Waals surface area (Å²) in [6.07, 6.45) is 2.20. The van der Waals surface area contributed by atoms with Gasteiger partial charge in [-0.2, -0.15) is 0 Å². The molecule has 0 aromatic heterocycles. The van der Waals surface area contributed by atoms with Gasteiger partial charge in [0.15, 0.2) is 0 Å². The van der Waals surface area contributed by atoms with E-state index in [0.717, 1.165) is 6.42 Å². The van der Waals surface area contributed by atoms with Crippen molar-refractivity contribution in [2.75, 3.05) is 13.2 Å². The lowest BCUT2D eigenvalue weighted by atomic mass is 10.4. The first-order valence-electron chi connectivity index (χ1n) is 3.82. The summed E-state index contributed by atoms with van der Waals surface area (Å²) in [6.45, 7) is 6.43. The number of halogens is 1. The fraction of sp³-hybridized carbons (Fsp3) is 0.625. The highest BCUT2D eigenvalue weighted by Gasteiger charge is 2.05. The fourth-order valence-electron chi connectivity index (χ4n) is 0.591. The molecule has 1 atom stereocenters. The van der Waals surface area contributed by atoms with Gasteiger partial charge in [0.1, 0.15) is 0 Å². The molecule has 12 heavy (non-hydrogen) atoms. The van der Waals surface area contributed by atoms with Gasteiger partial charge in [-0.1, -0.05) is 22.5 Å². The van der Waals surface area contributed by atoms with Gasteiger partial charge in [-0.25, -0.2) is 0 Å². The Kier molecular flexibility index (Phi) is 6.85. The van der Waals surface area contributed by atoms with Crippen LogP contribution in [-0.2, 0) is 9.53 Å². The second-order valence-corrected chi connectivity index (χ2v) is 3.67. The number of rotatable bonds is 6. The summed E-state index contributed by atoms with van der Waals surface area (Å²) in [4.78, 5) is 10.8. The second kappa shape index (κ2) is 7.16. The first-order chi connectivity index (χ1) is 5.68. The van der Waals surface area contributed by atoms with E-state index in [9.17, 15) is 4.79 Å². The van der Waals surface area contributed by atoms with Gasteiger partial charge in [0.25, 0.3) is 0 Å². The first-order valence-corrected chi connectivity index (χ1v) is 4.74. The molecule has 0 radical (unpaired) electrons. The van der Waals surface area contributed by atoms with Crippen molar-refractivity contribution in [2.45, 2.75) is 18.2 Å². The molecule has 0 saturated heterocycles. The molecule has 0 heterocycles. The highest BCUT2D eigenvalue weighted by atomic mass is 79.9. The van der Waals surface area contributed by atoms with Crippen LogP contribution in [0.5, 0.6) is 0 Å². The number of ether oxygens (including phenoxy) is 1. The number of hydrogen-bond acceptors (Lipinski definition) is 2. The molecular weight excluding hydrogens is 222 g/mol. The number of amides is 1. The second-order valence-electron chi connectivity index (χ2n) is 2.30. The van der Waals surface area contributed by atoms with E-state index < -0.39 is 0 Å². The van der Waals surface area contributed by atoms with Crippen LogP contribution in [0.1, 0.15) is 13.3 Å². The van der Waals surface area contributed by atoms with Crippen molar-refractivity contribution in [3.8, 4) is 0 Å². The number of alkyl halides is 1. The summed E-state index contributed by atoms with van der Waals surface area (Å²) in [7, 11) is 0. The molecule has 0 aliphatic carbocycles. The summed E-state index contributed by atoms with van der Waals surface area (Å²) in [5, 5.41) is 2.74. The van der Waals surface area contributed by atoms with Crippen LogP contribution >= 0.6 is 15.9 Å². The van der Waals surface area contributed by atoms with E-state index in [1.54, 1.807) is 6.92 Å². The van der Waals surface area contributed by atoms with E-state index in [0.29, 0.717) is 13.2 Å². The summed E-state index contributed by atoms with van der Waals surface area (Å²) in [5.41, 5.74) is 0. The Labute approximate surface area is 81.3 Å². The topological polar surface area (TPSA) is 38.3 Å². The molecule has 0 aromatic rings. The van der Waals surface area contributed by atoms with Crippen LogP contribution in [0, 0.1) is 0 Å². The van der Waals surface area contributed by atoms with Gasteiger partial charge in [-0.15, -0.1) is 0 Å². The summed E-state index contributed by atoms with van der Waals surface area (Å²) in [6, 6.07) is 0. The van der Waals surface area contributed by atoms with Crippen LogP contribution in [0.15, 0.2) is 12.8 Å². The van der Waals surface area contributed by atoms with Crippen LogP contribution in [0.4, 0.5) is 0 Å². The van der Waals surface area contributed by atoms with Crippen LogP contribution in [0.25, 0.3) is 0 Å². The molecular formula is C8H14BrNO2. The monoisotopic (exact) mass is 235 g/mol. The van der Waals surface area contributed by atoms with Crippen molar-refractivity contribution in [3.05, 3.63) is 12.8 Å². The van der Waals surface area contributed by atoms with E-state index in [1.165, 1.54) is 6.26 Å². The molecule has 4 heteroatoms. The van der Waals surface area contributed by atoms with Gasteiger partial charge >= 0.3 is 0 Å². The summed E-state index contributed by atoms with van der Waals surface area (Å²) < 4.78 is 4.88. The third-order valence-electron chi connectivity index (χ3n) is 1.22. The molecule has 0 spiro atoms. The Morgan fingerprint density at radius 2 is 2.50 bits per heavy atom. The van der Waals surface area contributed by atoms with Crippen molar-refractivity contribution in [3.63, 3.8) is 0 Å². The third kappa shape index (κ3) is 6.22. The highest BCUT2D eigenvalue weighted by molar-refractivity contribution is 9.10. The Morgan fingerprint density at radius 3 is 3.00 bits per heavy atom. The molecule has 0 saturated carbocycles. The standard InChI is InChI=1S/C8H14BrNO2/c1-3-12-6-4-5-10-8(11)7(2)9/h3,7H,1,4-6H2,2H3,(H,10,11). The Hall–Kier alpha value is -0.510. The molecule has 0 aliphatic rings. The minimum atomic E-state index is -0.127. The van der Waals surface area contributed by atoms with Crippen LogP contribution in [0.3, 0.4) is 0 Å². The van der Waals surface area contributed by atoms with Gasteiger partial charge in [-0.05, 0) is 13.3 Å². The first kappa shape index (κ1) is 11.5. The predicted octanol–water partition coefficient (Wildman–Crippen LogP) is 1.44. The van der Waals surface area contributed by atoms with E-state index in [1.807, 2.05) is 0 Å². The van der Waals surface area contributed by atoms with Crippen molar-refractivity contribution in [1.82, 2.24) is 5.32 Å². The van der Waals surface area contributed by atoms with Crippen molar-refractivity contribution in [1.29, 1.82) is 0 Å². The van der Waals surface area contributed by atoms with Crippen LogP contribution in [-0.4, -0.2) is 23.9 Å². The molecule has 0 bridgehead atoms. The zero-order chi connectivity index (χ0) is 9.40. The third-order valence-corrected chi connectivity index (χ3v) is 1.63. The Balaban J connectivity index is 3.19. The molecule has 1 unspecified atom stereocenters. The average Bonchev–Trinajstić information content (AvgIpc) is 2.03. The number of hydrogen-bond donors (Lipinski definition) is 1. The van der Waals surface area contributed by atoms with Gasteiger partial charge < -0.3 is 10.1 Å². The molecule has 0 fully saturated rings. The molecule has 0 rings (SSSR count). The average molecular weight is 236 g/mol. The SMILES string of the molecule is C=COCCCNC(=O)C(C)Br. The number of carbonyl (C=O) groups is 1. The normalized spacial score (nSPS) is 11.8. The van der Waals surface area contributed by atoms with Crippen LogP contribution in [0.2, 0.25) is 0 Å². The largest absolute Gasteiger partial charge is 0.502 e. The van der Waals surface area contributed by atoms with Crippen molar-refractivity contribution >= 4 is 21.8 Å². The van der Waals surface area contributed by atoms with E-state index in [4.69, 9.17) is 4.74 Å². The summed E-state index contributed by atoms with van der Waals surface area (Å²) in [5.74, 6) is 0.00797. The van der Waals surface area contributed by atoms with Gasteiger partial charge in [0.2, 0.25) is 5.91 Å². The number of nitrogens with one attached hydrogen (secondary N) is 1. The van der Waals surface area contributed by atoms with Gasteiger partial charge in [0, 0.05) is 6.54 Å². The predicted molar refractivity (Wildman–Crippen MR) is 52.2 cm³/mol. The smallest absolute Gasteiger partial charge is 0.233 e. The van der Waals surface area contributed by atoms with Crippen molar-refractivity contribution in [2.24, 2.45) is 0 Å². The van der Waals surface area contributed by atoms with Crippen molar-refractivity contribution < 1.29 is 9.53 Å². The lowest BCUT2D eigenvalue weighted by Crippen LogP contribution is -2.30. The van der Waals surface area contributed by atoms with E-state index in [2.05, 4.69) is 27.8 Å². The molecule has 0 aromatic carbocycles. The maximum Gasteiger partial charge on any atom is 0.233 e. The molecule has 3 nitrogen and oxygen atoms in total. The quantitative estimate of drug-likeness (QED) is 0.430. The summed E-state index contributed by atoms with van der Waals surface area (Å²) >= 11 is 3.16. The zero-order valence-electron chi connectivity index (χ0n) is 7.18. The number of carbonyl (C=O) groups excluding carboxylic acids is 1. The molecule has 0 aliphatic heterocycles. The maximum atomic E-state index is 11.0. The van der Waals surface area contributed by atoms with Crippen LogP contribution < -0.4 is 5.32 Å². The Morgan fingerprint density at radius 1 is 1.83 bits per heavy atom. The van der Waals surface area contributed by atoms with Gasteiger partial charge in [-0.3, -0.25) is 4.79 Å². The van der Waals surface area contributed by atoms with E-state index >= 15 is 0 Å². The fourth-order valence-corrected chi connectivity index (χ4v) is 0.753. The molecule has 1 amide bonds. The minimum Gasteiger partial charge on any atom is -0.502 e. The highest BCUT2D eigenvalue weighted by Crippen LogP contribution is 1.95. The molecule has 1 N–H and O–H groups in total. The zero-order valence-corrected chi connectivity index (χ0v) is 8.76. The van der Waals surface area contributed by atoms with Gasteiger partial charge in [0.05, 0.1) is 17.7 Å². The van der Waals surface area contributed by atoms with E-state index in [-0.39, 0.29) is 10.7 Å². The Bertz CT molecular complexity index is 148. The lowest BCUT2D eigenvalue weighted by Gasteiger charge is -2.05. The maximum absolute atomic E-state index is 11.0. The molecule has 70 valence electrons. The minimum absolute atomic E-state index is 0.00797.